The second-order valence-corrected chi connectivity index (χ2v) is 5.91. The molecule has 3 heteroatoms. The molecule has 1 aliphatic rings. The third kappa shape index (κ3) is 5.29. The fourth-order valence-corrected chi connectivity index (χ4v) is 2.31. The Morgan fingerprint density at radius 1 is 1.42 bits per heavy atom. The molecule has 19 heavy (non-hydrogen) atoms. The first-order chi connectivity index (χ1) is 9.15. The zero-order valence-corrected chi connectivity index (χ0v) is 12.5. The summed E-state index contributed by atoms with van der Waals surface area (Å²) >= 11 is 0. The van der Waals surface area contributed by atoms with Crippen molar-refractivity contribution in [3.63, 3.8) is 0 Å². The van der Waals surface area contributed by atoms with Crippen molar-refractivity contribution in [2.45, 2.75) is 58.2 Å². The molecule has 2 rings (SSSR count). The van der Waals surface area contributed by atoms with Gasteiger partial charge in [-0.3, -0.25) is 9.88 Å². The Morgan fingerprint density at radius 2 is 2.21 bits per heavy atom. The number of rotatable bonds is 8. The van der Waals surface area contributed by atoms with E-state index in [1.165, 1.54) is 37.9 Å². The van der Waals surface area contributed by atoms with Crippen LogP contribution in [0.5, 0.6) is 0 Å². The van der Waals surface area contributed by atoms with E-state index in [0.29, 0.717) is 6.04 Å². The van der Waals surface area contributed by atoms with E-state index in [2.05, 4.69) is 54.3 Å². The van der Waals surface area contributed by atoms with Gasteiger partial charge in [-0.15, -0.1) is 0 Å². The number of nitrogens with zero attached hydrogens (tertiary/aromatic N) is 2. The minimum absolute atomic E-state index is 0.614. The lowest BCUT2D eigenvalue weighted by atomic mass is 10.1. The fraction of sp³-hybridized carbons (Fsp3) is 0.688. The van der Waals surface area contributed by atoms with Gasteiger partial charge in [-0.25, -0.2) is 0 Å². The molecule has 0 aliphatic heterocycles. The van der Waals surface area contributed by atoms with E-state index < -0.39 is 0 Å². The predicted molar refractivity (Wildman–Crippen MR) is 80.2 cm³/mol. The van der Waals surface area contributed by atoms with Gasteiger partial charge in [-0.05, 0) is 65.3 Å². The number of aromatic nitrogens is 1. The van der Waals surface area contributed by atoms with Crippen molar-refractivity contribution in [1.29, 1.82) is 0 Å². The summed E-state index contributed by atoms with van der Waals surface area (Å²) in [5.74, 6) is 0. The lowest BCUT2D eigenvalue weighted by Gasteiger charge is -2.24. The summed E-state index contributed by atoms with van der Waals surface area (Å²) in [6.45, 7) is 6.48. The van der Waals surface area contributed by atoms with Gasteiger partial charge in [0.2, 0.25) is 0 Å². The van der Waals surface area contributed by atoms with Gasteiger partial charge in [0.25, 0.3) is 0 Å². The van der Waals surface area contributed by atoms with Crippen LogP contribution in [0.15, 0.2) is 18.2 Å². The summed E-state index contributed by atoms with van der Waals surface area (Å²) in [6, 6.07) is 7.71. The van der Waals surface area contributed by atoms with Crippen molar-refractivity contribution in [2.24, 2.45) is 0 Å². The topological polar surface area (TPSA) is 28.2 Å². The zero-order chi connectivity index (χ0) is 13.7. The van der Waals surface area contributed by atoms with Crippen LogP contribution in [-0.4, -0.2) is 35.6 Å². The molecule has 3 nitrogen and oxygen atoms in total. The van der Waals surface area contributed by atoms with E-state index in [4.69, 9.17) is 0 Å². The molecule has 1 unspecified atom stereocenters. The lowest BCUT2D eigenvalue weighted by molar-refractivity contribution is 0.231. The Kier molecular flexibility index (Phi) is 5.34. The first-order valence-corrected chi connectivity index (χ1v) is 7.51. The molecule has 1 N–H and O–H groups in total. The third-order valence-corrected chi connectivity index (χ3v) is 3.92. The molecule has 0 spiro atoms. The van der Waals surface area contributed by atoms with Gasteiger partial charge in [0, 0.05) is 24.3 Å². The van der Waals surface area contributed by atoms with E-state index in [0.717, 1.165) is 18.3 Å². The van der Waals surface area contributed by atoms with Crippen LogP contribution in [0.3, 0.4) is 0 Å². The minimum atomic E-state index is 0.614. The molecule has 0 radical (unpaired) electrons. The van der Waals surface area contributed by atoms with Crippen LogP contribution in [0, 0.1) is 6.92 Å². The predicted octanol–water partition coefficient (Wildman–Crippen LogP) is 2.74. The van der Waals surface area contributed by atoms with E-state index >= 15 is 0 Å². The molecule has 106 valence electrons. The molecular weight excluding hydrogens is 234 g/mol. The highest BCUT2D eigenvalue weighted by atomic mass is 15.1. The molecule has 0 saturated heterocycles. The van der Waals surface area contributed by atoms with Gasteiger partial charge in [0.15, 0.2) is 0 Å². The fourth-order valence-electron chi connectivity index (χ4n) is 2.31. The van der Waals surface area contributed by atoms with Crippen LogP contribution in [0.1, 0.15) is 44.0 Å². The number of nitrogens with one attached hydrogen (secondary N) is 1. The van der Waals surface area contributed by atoms with Gasteiger partial charge in [-0.1, -0.05) is 6.07 Å². The highest BCUT2D eigenvalue weighted by Crippen LogP contribution is 2.18. The quantitative estimate of drug-likeness (QED) is 0.729. The van der Waals surface area contributed by atoms with Crippen molar-refractivity contribution >= 4 is 0 Å². The Balaban J connectivity index is 1.67. The molecule has 0 bridgehead atoms. The van der Waals surface area contributed by atoms with Crippen LogP contribution in [0.2, 0.25) is 0 Å². The van der Waals surface area contributed by atoms with E-state index in [9.17, 15) is 0 Å². The number of hydrogen-bond donors (Lipinski definition) is 1. The maximum Gasteiger partial charge on any atom is 0.0547 e. The Hall–Kier alpha value is -0.930. The van der Waals surface area contributed by atoms with Gasteiger partial charge >= 0.3 is 0 Å². The summed E-state index contributed by atoms with van der Waals surface area (Å²) in [4.78, 5) is 6.97. The first kappa shape index (κ1) is 14.5. The van der Waals surface area contributed by atoms with Crippen molar-refractivity contribution in [2.75, 3.05) is 13.6 Å². The summed E-state index contributed by atoms with van der Waals surface area (Å²) in [5, 5.41) is 3.58. The summed E-state index contributed by atoms with van der Waals surface area (Å²) in [7, 11) is 2.20. The summed E-state index contributed by atoms with van der Waals surface area (Å²) in [6.07, 6.45) is 5.29. The maximum atomic E-state index is 4.57. The molecule has 1 atom stereocenters. The van der Waals surface area contributed by atoms with Crippen molar-refractivity contribution < 1.29 is 0 Å². The lowest BCUT2D eigenvalue weighted by Crippen LogP contribution is -2.30. The molecule has 1 heterocycles. The molecule has 0 amide bonds. The second-order valence-electron chi connectivity index (χ2n) is 5.91. The molecule has 1 aromatic rings. The van der Waals surface area contributed by atoms with Crippen molar-refractivity contribution in [3.8, 4) is 0 Å². The molecular formula is C16H27N3. The van der Waals surface area contributed by atoms with E-state index in [1.54, 1.807) is 0 Å². The molecule has 0 aromatic carbocycles. The van der Waals surface area contributed by atoms with Gasteiger partial charge in [-0.2, -0.15) is 0 Å². The van der Waals surface area contributed by atoms with Gasteiger partial charge in [0.1, 0.15) is 0 Å². The monoisotopic (exact) mass is 261 g/mol. The molecule has 1 aromatic heterocycles. The largest absolute Gasteiger partial charge is 0.314 e. The smallest absolute Gasteiger partial charge is 0.0547 e. The van der Waals surface area contributed by atoms with E-state index in [1.807, 2.05) is 0 Å². The zero-order valence-electron chi connectivity index (χ0n) is 12.5. The van der Waals surface area contributed by atoms with Crippen LogP contribution >= 0.6 is 0 Å². The van der Waals surface area contributed by atoms with Gasteiger partial charge in [0.05, 0.1) is 5.69 Å². The van der Waals surface area contributed by atoms with Gasteiger partial charge < -0.3 is 5.32 Å². The summed E-state index contributed by atoms with van der Waals surface area (Å²) in [5.41, 5.74) is 2.28. The maximum absolute atomic E-state index is 4.57. The highest BCUT2D eigenvalue weighted by Gasteiger charge is 2.19. The second kappa shape index (κ2) is 7.01. The van der Waals surface area contributed by atoms with Crippen molar-refractivity contribution in [1.82, 2.24) is 15.2 Å². The number of hydrogen-bond acceptors (Lipinski definition) is 3. The number of pyridine rings is 1. The third-order valence-electron chi connectivity index (χ3n) is 3.92. The standard InChI is InChI=1S/C16H27N3/c1-13-6-4-8-16(18-13)12-19(3)14(2)7-5-11-17-15-9-10-15/h4,6,8,14-15,17H,5,7,9-12H2,1-3H3. The van der Waals surface area contributed by atoms with Crippen LogP contribution in [0.25, 0.3) is 0 Å². The van der Waals surface area contributed by atoms with E-state index in [-0.39, 0.29) is 0 Å². The average Bonchev–Trinajstić information content (AvgIpc) is 3.18. The Morgan fingerprint density at radius 3 is 2.89 bits per heavy atom. The highest BCUT2D eigenvalue weighted by molar-refractivity contribution is 5.09. The summed E-state index contributed by atoms with van der Waals surface area (Å²) < 4.78 is 0. The SMILES string of the molecule is Cc1cccc(CN(C)C(C)CCCNC2CC2)n1. The molecule has 1 fully saturated rings. The Bertz CT molecular complexity index is 387. The normalized spacial score (nSPS) is 16.8. The van der Waals surface area contributed by atoms with Crippen molar-refractivity contribution in [3.05, 3.63) is 29.6 Å². The molecule has 1 saturated carbocycles. The van der Waals surface area contributed by atoms with Crippen LogP contribution in [0.4, 0.5) is 0 Å². The average molecular weight is 261 g/mol. The Labute approximate surface area is 117 Å². The van der Waals surface area contributed by atoms with Crippen LogP contribution in [-0.2, 0) is 6.54 Å². The molecule has 1 aliphatic carbocycles. The first-order valence-electron chi connectivity index (χ1n) is 7.51. The minimum Gasteiger partial charge on any atom is -0.314 e. The van der Waals surface area contributed by atoms with Crippen LogP contribution < -0.4 is 5.32 Å². The number of aryl methyl sites for hydroxylation is 1.